The molecule has 3 N–H and O–H groups in total. The molecule has 0 aliphatic rings. The van der Waals surface area contributed by atoms with E-state index in [0.717, 1.165) is 18.2 Å². The van der Waals surface area contributed by atoms with E-state index in [9.17, 15) is 13.6 Å². The number of carbonyl (C=O) groups excluding carboxylic acids is 1. The lowest BCUT2D eigenvalue weighted by Gasteiger charge is -2.09. The molecule has 0 saturated heterocycles. The summed E-state index contributed by atoms with van der Waals surface area (Å²) in [7, 11) is 1.31. The molecule has 20 heavy (non-hydrogen) atoms. The van der Waals surface area contributed by atoms with Gasteiger partial charge in [-0.15, -0.1) is 0 Å². The van der Waals surface area contributed by atoms with E-state index >= 15 is 0 Å². The van der Waals surface area contributed by atoms with Crippen molar-refractivity contribution in [3.05, 3.63) is 53.6 Å². The van der Waals surface area contributed by atoms with Crippen molar-refractivity contribution in [1.82, 2.24) is 0 Å². The Morgan fingerprint density at radius 2 is 1.95 bits per heavy atom. The number of benzene rings is 2. The van der Waals surface area contributed by atoms with Crippen LogP contribution in [-0.2, 0) is 0 Å². The van der Waals surface area contributed by atoms with Gasteiger partial charge in [-0.2, -0.15) is 0 Å². The normalized spacial score (nSPS) is 10.2. The molecule has 2 aromatic rings. The molecule has 0 bridgehead atoms. The summed E-state index contributed by atoms with van der Waals surface area (Å²) < 4.78 is 31.2. The van der Waals surface area contributed by atoms with Gasteiger partial charge in [-0.1, -0.05) is 0 Å². The van der Waals surface area contributed by atoms with Crippen LogP contribution in [0.1, 0.15) is 10.4 Å². The molecule has 0 fully saturated rings. The van der Waals surface area contributed by atoms with Crippen LogP contribution in [0.2, 0.25) is 0 Å². The largest absolute Gasteiger partial charge is 0.494 e. The quantitative estimate of drug-likeness (QED) is 0.848. The second-order valence-electron chi connectivity index (χ2n) is 4.04. The lowest BCUT2D eigenvalue weighted by Crippen LogP contribution is -2.14. The third-order valence-corrected chi connectivity index (χ3v) is 2.67. The maximum absolute atomic E-state index is 13.2. The van der Waals surface area contributed by atoms with Crippen molar-refractivity contribution in [3.8, 4) is 5.75 Å². The Bertz CT molecular complexity index is 660. The fourth-order valence-corrected chi connectivity index (χ4v) is 1.66. The molecule has 0 spiro atoms. The number of amides is 1. The van der Waals surface area contributed by atoms with E-state index in [4.69, 9.17) is 10.5 Å². The van der Waals surface area contributed by atoms with Gasteiger partial charge in [0.2, 0.25) is 0 Å². The van der Waals surface area contributed by atoms with Crippen LogP contribution < -0.4 is 15.8 Å². The summed E-state index contributed by atoms with van der Waals surface area (Å²) in [4.78, 5) is 12.0. The predicted molar refractivity (Wildman–Crippen MR) is 71.7 cm³/mol. The number of nitrogens with two attached hydrogens (primary N) is 1. The molecule has 0 saturated carbocycles. The van der Waals surface area contributed by atoms with Crippen LogP contribution in [0.3, 0.4) is 0 Å². The zero-order valence-corrected chi connectivity index (χ0v) is 10.6. The Hall–Kier alpha value is -2.63. The summed E-state index contributed by atoms with van der Waals surface area (Å²) in [6.45, 7) is 0. The minimum Gasteiger partial charge on any atom is -0.494 e. The first-order valence-electron chi connectivity index (χ1n) is 5.71. The molecular weight excluding hydrogens is 266 g/mol. The van der Waals surface area contributed by atoms with Crippen LogP contribution in [0.15, 0.2) is 36.4 Å². The van der Waals surface area contributed by atoms with Gasteiger partial charge in [-0.25, -0.2) is 8.78 Å². The van der Waals surface area contributed by atoms with Gasteiger partial charge in [0.25, 0.3) is 5.91 Å². The lowest BCUT2D eigenvalue weighted by molar-refractivity contribution is 0.102. The van der Waals surface area contributed by atoms with Gasteiger partial charge >= 0.3 is 0 Å². The predicted octanol–water partition coefficient (Wildman–Crippen LogP) is 2.81. The number of ether oxygens (including phenoxy) is 1. The summed E-state index contributed by atoms with van der Waals surface area (Å²) in [5.74, 6) is -1.71. The average Bonchev–Trinajstić information content (AvgIpc) is 2.43. The average molecular weight is 278 g/mol. The van der Waals surface area contributed by atoms with E-state index in [0.29, 0.717) is 5.69 Å². The fourth-order valence-electron chi connectivity index (χ4n) is 1.66. The van der Waals surface area contributed by atoms with Gasteiger partial charge in [-0.05, 0) is 30.3 Å². The number of hydrogen-bond acceptors (Lipinski definition) is 3. The second-order valence-corrected chi connectivity index (χ2v) is 4.04. The maximum atomic E-state index is 13.2. The fraction of sp³-hybridized carbons (Fsp3) is 0.0714. The third-order valence-electron chi connectivity index (χ3n) is 2.67. The van der Waals surface area contributed by atoms with Crippen molar-refractivity contribution in [2.45, 2.75) is 0 Å². The first-order valence-corrected chi connectivity index (χ1v) is 5.71. The van der Waals surface area contributed by atoms with Gasteiger partial charge in [0.1, 0.15) is 5.82 Å². The highest BCUT2D eigenvalue weighted by molar-refractivity contribution is 6.07. The topological polar surface area (TPSA) is 64.3 Å². The third kappa shape index (κ3) is 2.85. The van der Waals surface area contributed by atoms with Crippen molar-refractivity contribution in [2.75, 3.05) is 18.2 Å². The van der Waals surface area contributed by atoms with Crippen LogP contribution >= 0.6 is 0 Å². The van der Waals surface area contributed by atoms with E-state index in [1.54, 1.807) is 0 Å². The molecule has 4 nitrogen and oxygen atoms in total. The smallest absolute Gasteiger partial charge is 0.257 e. The molecule has 2 aromatic carbocycles. The van der Waals surface area contributed by atoms with Crippen molar-refractivity contribution in [3.63, 3.8) is 0 Å². The maximum Gasteiger partial charge on any atom is 0.257 e. The lowest BCUT2D eigenvalue weighted by atomic mass is 10.1. The number of hydrogen-bond donors (Lipinski definition) is 2. The highest BCUT2D eigenvalue weighted by Crippen LogP contribution is 2.22. The van der Waals surface area contributed by atoms with E-state index in [-0.39, 0.29) is 17.0 Å². The van der Waals surface area contributed by atoms with Crippen molar-refractivity contribution in [1.29, 1.82) is 0 Å². The van der Waals surface area contributed by atoms with Crippen molar-refractivity contribution >= 4 is 17.3 Å². The molecule has 0 unspecified atom stereocenters. The van der Waals surface area contributed by atoms with Crippen molar-refractivity contribution < 1.29 is 18.3 Å². The van der Waals surface area contributed by atoms with E-state index in [2.05, 4.69) is 5.32 Å². The van der Waals surface area contributed by atoms with Gasteiger partial charge in [0, 0.05) is 17.4 Å². The summed E-state index contributed by atoms with van der Waals surface area (Å²) >= 11 is 0. The summed E-state index contributed by atoms with van der Waals surface area (Å²) in [6, 6.07) is 7.34. The molecule has 1 amide bonds. The number of carbonyl (C=O) groups is 1. The number of nitrogens with one attached hydrogen (secondary N) is 1. The molecule has 2 rings (SSSR count). The molecule has 0 aromatic heterocycles. The van der Waals surface area contributed by atoms with Crippen LogP contribution in [-0.4, -0.2) is 13.0 Å². The summed E-state index contributed by atoms with van der Waals surface area (Å²) in [5, 5.41) is 2.50. The molecular formula is C14H12F2N2O2. The number of nitrogen functional groups attached to an aromatic ring is 1. The Morgan fingerprint density at radius 3 is 2.65 bits per heavy atom. The summed E-state index contributed by atoms with van der Waals surface area (Å²) in [6.07, 6.45) is 0. The first-order chi connectivity index (χ1) is 9.51. The zero-order valence-electron chi connectivity index (χ0n) is 10.6. The van der Waals surface area contributed by atoms with Crippen LogP contribution in [0, 0.1) is 11.6 Å². The van der Waals surface area contributed by atoms with E-state index in [1.165, 1.54) is 25.3 Å². The van der Waals surface area contributed by atoms with Gasteiger partial charge in [0.15, 0.2) is 11.6 Å². The van der Waals surface area contributed by atoms with E-state index in [1.807, 2.05) is 0 Å². The highest BCUT2D eigenvalue weighted by atomic mass is 19.1. The minimum atomic E-state index is -0.587. The zero-order chi connectivity index (χ0) is 14.7. The SMILES string of the molecule is COc1cc(NC(=O)c2cc(F)ccc2N)ccc1F. The van der Waals surface area contributed by atoms with Gasteiger partial charge < -0.3 is 15.8 Å². The van der Waals surface area contributed by atoms with Gasteiger partial charge in [-0.3, -0.25) is 4.79 Å². The molecule has 0 radical (unpaired) electrons. The Balaban J connectivity index is 2.25. The molecule has 0 aliphatic heterocycles. The highest BCUT2D eigenvalue weighted by Gasteiger charge is 2.12. The number of anilines is 2. The van der Waals surface area contributed by atoms with Crippen molar-refractivity contribution in [2.24, 2.45) is 0 Å². The second kappa shape index (κ2) is 5.56. The van der Waals surface area contributed by atoms with Gasteiger partial charge in [0.05, 0.1) is 12.7 Å². The number of rotatable bonds is 3. The minimum absolute atomic E-state index is 0.00462. The van der Waals surface area contributed by atoms with E-state index < -0.39 is 17.5 Å². The standard InChI is InChI=1S/C14H12F2N2O2/c1-20-13-7-9(3-4-11(13)16)18-14(19)10-6-8(15)2-5-12(10)17/h2-7H,17H2,1H3,(H,18,19). The number of halogens is 2. The van der Waals surface area contributed by atoms with Crippen LogP contribution in [0.5, 0.6) is 5.75 Å². The Labute approximate surface area is 114 Å². The van der Waals surface area contributed by atoms with Crippen LogP contribution in [0.4, 0.5) is 20.2 Å². The summed E-state index contributed by atoms with van der Waals surface area (Å²) in [5.41, 5.74) is 6.09. The first kappa shape index (κ1) is 13.8. The monoisotopic (exact) mass is 278 g/mol. The number of methoxy groups -OCH3 is 1. The molecule has 0 aliphatic carbocycles. The Kier molecular flexibility index (Phi) is 3.84. The Morgan fingerprint density at radius 1 is 1.20 bits per heavy atom. The molecule has 104 valence electrons. The van der Waals surface area contributed by atoms with Crippen LogP contribution in [0.25, 0.3) is 0 Å². The molecule has 0 atom stereocenters. The molecule has 6 heteroatoms. The molecule has 0 heterocycles.